The summed E-state index contributed by atoms with van der Waals surface area (Å²) in [6, 6.07) is 8.11. The highest BCUT2D eigenvalue weighted by molar-refractivity contribution is 6.01. The van der Waals surface area contributed by atoms with Gasteiger partial charge in [-0.15, -0.1) is 0 Å². The van der Waals surface area contributed by atoms with Gasteiger partial charge >= 0.3 is 12.2 Å². The van der Waals surface area contributed by atoms with Crippen molar-refractivity contribution in [3.63, 3.8) is 0 Å². The Morgan fingerprint density at radius 2 is 1.80 bits per heavy atom. The van der Waals surface area contributed by atoms with Crippen molar-refractivity contribution in [3.8, 4) is 5.69 Å². The summed E-state index contributed by atoms with van der Waals surface area (Å²) in [7, 11) is 0. The Hall–Kier alpha value is -4.79. The molecule has 3 amide bonds. The predicted octanol–water partition coefficient (Wildman–Crippen LogP) is 2.01. The summed E-state index contributed by atoms with van der Waals surface area (Å²) in [5.74, 6) is -0.953. The van der Waals surface area contributed by atoms with Gasteiger partial charge in [-0.1, -0.05) is 0 Å². The fraction of sp³-hybridized carbons (Fsp3) is 0.100. The summed E-state index contributed by atoms with van der Waals surface area (Å²) < 4.78 is 40.8. The average Bonchev–Trinajstić information content (AvgIpc) is 3.41. The summed E-state index contributed by atoms with van der Waals surface area (Å²) in [5.41, 5.74) is 10.7. The third kappa shape index (κ3) is 4.79. The number of aromatic nitrogens is 3. The summed E-state index contributed by atoms with van der Waals surface area (Å²) in [4.78, 5) is 29.1. The lowest BCUT2D eigenvalue weighted by Crippen LogP contribution is -2.28. The van der Waals surface area contributed by atoms with Gasteiger partial charge in [0.1, 0.15) is 25.1 Å². The first-order valence-electron chi connectivity index (χ1n) is 9.82. The zero-order valence-electron chi connectivity index (χ0n) is 17.7. The molecule has 0 atom stereocenters. The maximum atomic E-state index is 13.2. The summed E-state index contributed by atoms with van der Waals surface area (Å²) in [6.45, 7) is -0.141. The number of rotatable bonds is 5. The lowest BCUT2D eigenvalue weighted by molar-refractivity contribution is -0.137. The molecule has 0 fully saturated rings. The van der Waals surface area contributed by atoms with Gasteiger partial charge in [-0.3, -0.25) is 10.0 Å². The molecule has 2 aromatic carbocycles. The van der Waals surface area contributed by atoms with E-state index in [1.54, 1.807) is 12.1 Å². The second kappa shape index (κ2) is 8.86. The number of carbonyl (C=O) groups is 2. The number of hydrogen-bond acceptors (Lipinski definition) is 8. The van der Waals surface area contributed by atoms with E-state index >= 15 is 0 Å². The Balaban J connectivity index is 1.51. The van der Waals surface area contributed by atoms with Crippen LogP contribution in [0.2, 0.25) is 0 Å². The minimum absolute atomic E-state index is 0.0522. The van der Waals surface area contributed by atoms with Crippen LogP contribution in [0.5, 0.6) is 0 Å². The van der Waals surface area contributed by atoms with Gasteiger partial charge in [0.15, 0.2) is 5.70 Å². The zero-order chi connectivity index (χ0) is 25.3. The van der Waals surface area contributed by atoms with Crippen molar-refractivity contribution in [2.45, 2.75) is 6.18 Å². The lowest BCUT2D eigenvalue weighted by Gasteiger charge is -2.20. The van der Waals surface area contributed by atoms with E-state index < -0.39 is 23.7 Å². The van der Waals surface area contributed by atoms with Crippen molar-refractivity contribution in [1.82, 2.24) is 19.8 Å². The smallest absolute Gasteiger partial charge is 0.383 e. The number of benzene rings is 2. The molecule has 0 saturated carbocycles. The van der Waals surface area contributed by atoms with Crippen LogP contribution in [0.4, 0.5) is 35.0 Å². The van der Waals surface area contributed by atoms with E-state index in [4.69, 9.17) is 11.5 Å². The molecule has 15 heteroatoms. The van der Waals surface area contributed by atoms with Crippen molar-refractivity contribution >= 4 is 29.0 Å². The monoisotopic (exact) mass is 489 g/mol. The number of alkyl halides is 3. The standard InChI is InChI=1S/C20H18F3N9O3/c21-20(22,23)11-1-6-15(31-9-26-8-27-31)14(7-11)29-19(34)28-12-2-4-13(5-3-12)30-10-32(35)16(17(30)24)18(25)33/h1-9,35H,10,24H2,(H2,25,33)(H2,28,29,34). The zero-order valence-corrected chi connectivity index (χ0v) is 17.7. The van der Waals surface area contributed by atoms with E-state index in [0.29, 0.717) is 16.4 Å². The largest absolute Gasteiger partial charge is 0.416 e. The van der Waals surface area contributed by atoms with Crippen molar-refractivity contribution in [3.05, 3.63) is 72.2 Å². The second-order valence-corrected chi connectivity index (χ2v) is 7.26. The number of anilines is 3. The molecule has 2 heterocycles. The Bertz CT molecular complexity index is 1290. The van der Waals surface area contributed by atoms with Crippen molar-refractivity contribution in [2.75, 3.05) is 22.2 Å². The molecule has 4 rings (SSSR count). The molecule has 0 spiro atoms. The van der Waals surface area contributed by atoms with E-state index in [1.165, 1.54) is 40.4 Å². The number of halogens is 3. The van der Waals surface area contributed by atoms with E-state index in [0.717, 1.165) is 12.1 Å². The molecule has 1 aliphatic rings. The fourth-order valence-corrected chi connectivity index (χ4v) is 3.37. The molecule has 1 aromatic heterocycles. The van der Waals surface area contributed by atoms with Gasteiger partial charge in [0.25, 0.3) is 5.91 Å². The second-order valence-electron chi connectivity index (χ2n) is 7.26. The number of amides is 3. The topological polar surface area (TPSA) is 168 Å². The van der Waals surface area contributed by atoms with Crippen LogP contribution in [0.1, 0.15) is 5.56 Å². The van der Waals surface area contributed by atoms with Crippen LogP contribution < -0.4 is 27.0 Å². The summed E-state index contributed by atoms with van der Waals surface area (Å²) >= 11 is 0. The molecule has 0 bridgehead atoms. The third-order valence-corrected chi connectivity index (χ3v) is 4.97. The van der Waals surface area contributed by atoms with Crippen LogP contribution >= 0.6 is 0 Å². The molecule has 12 nitrogen and oxygen atoms in total. The summed E-state index contributed by atoms with van der Waals surface area (Å²) in [5, 5.41) is 19.2. The van der Waals surface area contributed by atoms with Crippen LogP contribution in [0.25, 0.3) is 5.69 Å². The number of nitrogens with zero attached hydrogens (tertiary/aromatic N) is 5. The minimum atomic E-state index is -4.62. The number of carbonyl (C=O) groups excluding carboxylic acids is 2. The van der Waals surface area contributed by atoms with Crippen LogP contribution in [0.3, 0.4) is 0 Å². The van der Waals surface area contributed by atoms with Crippen LogP contribution in [-0.4, -0.2) is 43.6 Å². The molecule has 7 N–H and O–H groups in total. The highest BCUT2D eigenvalue weighted by Gasteiger charge is 2.32. The van der Waals surface area contributed by atoms with Crippen LogP contribution in [0, 0.1) is 0 Å². The van der Waals surface area contributed by atoms with Gasteiger partial charge in [-0.25, -0.2) is 19.5 Å². The number of primary amides is 1. The highest BCUT2D eigenvalue weighted by Crippen LogP contribution is 2.33. The number of hydrogen-bond donors (Lipinski definition) is 5. The molecule has 1 aliphatic heterocycles. The lowest BCUT2D eigenvalue weighted by atomic mass is 10.1. The minimum Gasteiger partial charge on any atom is -0.383 e. The first-order valence-corrected chi connectivity index (χ1v) is 9.82. The highest BCUT2D eigenvalue weighted by atomic mass is 19.4. The Morgan fingerprint density at radius 3 is 2.37 bits per heavy atom. The Labute approximate surface area is 195 Å². The van der Waals surface area contributed by atoms with Gasteiger partial charge in [0, 0.05) is 11.4 Å². The molecular weight excluding hydrogens is 471 g/mol. The molecule has 0 unspecified atom stereocenters. The van der Waals surface area contributed by atoms with Gasteiger partial charge < -0.3 is 27.0 Å². The van der Waals surface area contributed by atoms with Gasteiger partial charge in [-0.05, 0) is 42.5 Å². The Morgan fingerprint density at radius 1 is 1.09 bits per heavy atom. The molecule has 0 radical (unpaired) electrons. The van der Waals surface area contributed by atoms with Gasteiger partial charge in [0.2, 0.25) is 0 Å². The number of urea groups is 1. The van der Waals surface area contributed by atoms with E-state index in [9.17, 15) is 28.0 Å². The van der Waals surface area contributed by atoms with Crippen molar-refractivity contribution in [2.24, 2.45) is 11.5 Å². The van der Waals surface area contributed by atoms with Crippen LogP contribution in [0.15, 0.2) is 66.6 Å². The fourth-order valence-electron chi connectivity index (χ4n) is 3.37. The summed E-state index contributed by atoms with van der Waals surface area (Å²) in [6.07, 6.45) is -2.14. The molecule has 0 aliphatic carbocycles. The molecule has 35 heavy (non-hydrogen) atoms. The van der Waals surface area contributed by atoms with Crippen molar-refractivity contribution in [1.29, 1.82) is 0 Å². The van der Waals surface area contributed by atoms with E-state index in [-0.39, 0.29) is 29.6 Å². The molecule has 0 saturated heterocycles. The predicted molar refractivity (Wildman–Crippen MR) is 117 cm³/mol. The normalized spacial score (nSPS) is 13.8. The number of hydroxylamine groups is 2. The van der Waals surface area contributed by atoms with E-state index in [2.05, 4.69) is 20.7 Å². The average molecular weight is 489 g/mol. The molecular formula is C20H18F3N9O3. The SMILES string of the molecule is NC(=O)C1=C(N)N(c2ccc(NC(=O)Nc3cc(C(F)(F)F)ccc3-n3cncn3)cc2)CN1O. The van der Waals surface area contributed by atoms with Crippen molar-refractivity contribution < 1.29 is 28.0 Å². The Kier molecular flexibility index (Phi) is 5.92. The number of nitrogens with two attached hydrogens (primary N) is 2. The van der Waals surface area contributed by atoms with Gasteiger partial charge in [-0.2, -0.15) is 18.3 Å². The quantitative estimate of drug-likeness (QED) is 0.363. The first-order chi connectivity index (χ1) is 16.5. The molecule has 182 valence electrons. The molecule has 3 aromatic rings. The maximum Gasteiger partial charge on any atom is 0.416 e. The number of nitrogens with one attached hydrogen (secondary N) is 2. The third-order valence-electron chi connectivity index (χ3n) is 4.97. The van der Waals surface area contributed by atoms with Crippen LogP contribution in [-0.2, 0) is 11.0 Å². The van der Waals surface area contributed by atoms with E-state index in [1.807, 2.05) is 0 Å². The maximum absolute atomic E-state index is 13.2. The first kappa shape index (κ1) is 23.4. The van der Waals surface area contributed by atoms with Gasteiger partial charge in [0.05, 0.1) is 16.9 Å².